The number of likely N-dealkylation sites (N-methyl/N-ethyl adjacent to an activating group) is 1. The van der Waals surface area contributed by atoms with E-state index in [0.29, 0.717) is 6.42 Å². The Kier molecular flexibility index (Phi) is 4.01. The van der Waals surface area contributed by atoms with Crippen molar-refractivity contribution in [2.24, 2.45) is 0 Å². The number of aromatic amines is 1. The highest BCUT2D eigenvalue weighted by molar-refractivity contribution is 5.78. The third-order valence-electron chi connectivity index (χ3n) is 4.08. The van der Waals surface area contributed by atoms with Crippen molar-refractivity contribution in [1.29, 1.82) is 0 Å². The zero-order valence-corrected chi connectivity index (χ0v) is 12.2. The van der Waals surface area contributed by atoms with Gasteiger partial charge in [0.2, 0.25) is 5.91 Å². The van der Waals surface area contributed by atoms with Gasteiger partial charge in [-0.2, -0.15) is 0 Å². The van der Waals surface area contributed by atoms with Gasteiger partial charge in [-0.3, -0.25) is 9.69 Å². The Morgan fingerprint density at radius 3 is 2.86 bits per heavy atom. The summed E-state index contributed by atoms with van der Waals surface area (Å²) in [6.45, 7) is 2.43. The molecule has 0 spiro atoms. The summed E-state index contributed by atoms with van der Waals surface area (Å²) in [4.78, 5) is 23.6. The van der Waals surface area contributed by atoms with E-state index >= 15 is 0 Å². The maximum absolute atomic E-state index is 12.4. The lowest BCUT2D eigenvalue weighted by atomic mass is 10.0. The minimum atomic E-state index is 0.160. The number of piperazine rings is 1. The molecule has 1 aliphatic heterocycles. The van der Waals surface area contributed by atoms with E-state index in [1.165, 1.54) is 5.56 Å². The lowest BCUT2D eigenvalue weighted by Gasteiger charge is -2.39. The summed E-state index contributed by atoms with van der Waals surface area (Å²) in [7, 11) is 2.12. The summed E-state index contributed by atoms with van der Waals surface area (Å²) >= 11 is 0. The van der Waals surface area contributed by atoms with Crippen LogP contribution in [0.15, 0.2) is 42.9 Å². The van der Waals surface area contributed by atoms with Crippen LogP contribution in [0, 0.1) is 0 Å². The smallest absolute Gasteiger partial charge is 0.228 e. The number of nitrogens with zero attached hydrogens (tertiary/aromatic N) is 3. The molecular weight excluding hydrogens is 264 g/mol. The number of carbonyl (C=O) groups excluding carboxylic acids is 1. The molecule has 1 atom stereocenters. The van der Waals surface area contributed by atoms with Gasteiger partial charge >= 0.3 is 0 Å². The second-order valence-electron chi connectivity index (χ2n) is 5.50. The molecule has 3 rings (SSSR count). The molecule has 5 heteroatoms. The zero-order chi connectivity index (χ0) is 14.7. The summed E-state index contributed by atoms with van der Waals surface area (Å²) < 4.78 is 0. The summed E-state index contributed by atoms with van der Waals surface area (Å²) in [5.74, 6) is 0.160. The van der Waals surface area contributed by atoms with Crippen LogP contribution in [-0.4, -0.2) is 52.4 Å². The molecule has 5 nitrogen and oxygen atoms in total. The molecule has 1 fully saturated rings. The summed E-state index contributed by atoms with van der Waals surface area (Å²) in [6.07, 6.45) is 3.72. The predicted octanol–water partition coefficient (Wildman–Crippen LogP) is 1.47. The van der Waals surface area contributed by atoms with E-state index in [-0.39, 0.29) is 11.9 Å². The number of H-pyrrole nitrogens is 1. The number of carbonyl (C=O) groups is 1. The van der Waals surface area contributed by atoms with Crippen molar-refractivity contribution < 1.29 is 4.79 Å². The van der Waals surface area contributed by atoms with E-state index in [1.54, 1.807) is 12.5 Å². The molecule has 2 heterocycles. The molecule has 110 valence electrons. The molecule has 1 amide bonds. The van der Waals surface area contributed by atoms with Gasteiger partial charge in [0.25, 0.3) is 0 Å². The van der Waals surface area contributed by atoms with E-state index in [9.17, 15) is 4.79 Å². The van der Waals surface area contributed by atoms with E-state index in [4.69, 9.17) is 0 Å². The minimum Gasteiger partial charge on any atom is -0.348 e. The van der Waals surface area contributed by atoms with Gasteiger partial charge in [0, 0.05) is 31.5 Å². The number of hydrogen-bond donors (Lipinski definition) is 1. The normalized spacial score (nSPS) is 19.7. The van der Waals surface area contributed by atoms with Gasteiger partial charge in [0.1, 0.15) is 0 Å². The number of hydrogen-bond acceptors (Lipinski definition) is 3. The van der Waals surface area contributed by atoms with Crippen LogP contribution in [0.3, 0.4) is 0 Å². The van der Waals surface area contributed by atoms with Crippen molar-refractivity contribution in [1.82, 2.24) is 19.8 Å². The molecule has 0 aliphatic carbocycles. The Morgan fingerprint density at radius 1 is 1.33 bits per heavy atom. The van der Waals surface area contributed by atoms with E-state index in [2.05, 4.69) is 46.2 Å². The Hall–Kier alpha value is -2.14. The van der Waals surface area contributed by atoms with Crippen LogP contribution < -0.4 is 0 Å². The van der Waals surface area contributed by atoms with Crippen molar-refractivity contribution in [3.63, 3.8) is 0 Å². The van der Waals surface area contributed by atoms with Gasteiger partial charge in [-0.25, -0.2) is 4.98 Å². The fourth-order valence-corrected chi connectivity index (χ4v) is 2.79. The van der Waals surface area contributed by atoms with Crippen LogP contribution in [0.2, 0.25) is 0 Å². The number of nitrogens with one attached hydrogen (secondary N) is 1. The van der Waals surface area contributed by atoms with Crippen molar-refractivity contribution in [3.05, 3.63) is 54.1 Å². The monoisotopic (exact) mass is 284 g/mol. The van der Waals surface area contributed by atoms with Gasteiger partial charge in [-0.15, -0.1) is 0 Å². The first-order chi connectivity index (χ1) is 10.2. The maximum atomic E-state index is 12.4. The van der Waals surface area contributed by atoms with E-state index in [0.717, 1.165) is 25.3 Å². The van der Waals surface area contributed by atoms with Crippen molar-refractivity contribution >= 4 is 5.91 Å². The third kappa shape index (κ3) is 3.13. The molecule has 0 radical (unpaired) electrons. The first-order valence-corrected chi connectivity index (χ1v) is 7.24. The molecule has 1 aromatic heterocycles. The molecular formula is C16H20N4O. The molecule has 0 unspecified atom stereocenters. The molecule has 1 aromatic carbocycles. The van der Waals surface area contributed by atoms with Gasteiger partial charge < -0.3 is 9.88 Å². The molecule has 2 aromatic rings. The second-order valence-corrected chi connectivity index (χ2v) is 5.50. The number of imidazole rings is 1. The Labute approximate surface area is 124 Å². The maximum Gasteiger partial charge on any atom is 0.228 e. The molecule has 1 aliphatic rings. The molecule has 1 N–H and O–H groups in total. The molecule has 0 saturated carbocycles. The summed E-state index contributed by atoms with van der Waals surface area (Å²) in [6, 6.07) is 10.6. The summed E-state index contributed by atoms with van der Waals surface area (Å²) in [5, 5.41) is 0. The highest BCUT2D eigenvalue weighted by Crippen LogP contribution is 2.24. The fourth-order valence-electron chi connectivity index (χ4n) is 2.79. The Bertz CT molecular complexity index is 582. The quantitative estimate of drug-likeness (QED) is 0.928. The lowest BCUT2D eigenvalue weighted by Crippen LogP contribution is -2.49. The average molecular weight is 284 g/mol. The van der Waals surface area contributed by atoms with Crippen molar-refractivity contribution in [2.45, 2.75) is 12.5 Å². The minimum absolute atomic E-state index is 0.160. The van der Waals surface area contributed by atoms with Gasteiger partial charge in [-0.1, -0.05) is 30.3 Å². The van der Waals surface area contributed by atoms with Gasteiger partial charge in [0.15, 0.2) is 0 Å². The van der Waals surface area contributed by atoms with Crippen LogP contribution in [0.5, 0.6) is 0 Å². The van der Waals surface area contributed by atoms with E-state index < -0.39 is 0 Å². The lowest BCUT2D eigenvalue weighted by molar-refractivity contribution is -0.133. The number of benzene rings is 1. The SMILES string of the molecule is CN1CCN(C(=O)Cc2cnc[nH]2)C[C@@H]1c1ccccc1. The topological polar surface area (TPSA) is 52.2 Å². The number of amides is 1. The highest BCUT2D eigenvalue weighted by atomic mass is 16.2. The molecule has 21 heavy (non-hydrogen) atoms. The van der Waals surface area contributed by atoms with Gasteiger partial charge in [-0.05, 0) is 12.6 Å². The number of rotatable bonds is 3. The van der Waals surface area contributed by atoms with Crippen LogP contribution in [0.1, 0.15) is 17.3 Å². The second kappa shape index (κ2) is 6.10. The first kappa shape index (κ1) is 13.8. The third-order valence-corrected chi connectivity index (χ3v) is 4.08. The summed E-state index contributed by atoms with van der Waals surface area (Å²) in [5.41, 5.74) is 2.13. The Balaban J connectivity index is 1.69. The van der Waals surface area contributed by atoms with Crippen LogP contribution in [-0.2, 0) is 11.2 Å². The predicted molar refractivity (Wildman–Crippen MR) is 80.7 cm³/mol. The van der Waals surface area contributed by atoms with Crippen LogP contribution in [0.25, 0.3) is 0 Å². The van der Waals surface area contributed by atoms with Crippen molar-refractivity contribution in [3.8, 4) is 0 Å². The standard InChI is InChI=1S/C16H20N4O/c1-19-7-8-20(16(21)9-14-10-17-12-18-14)11-15(19)13-5-3-2-4-6-13/h2-6,10,12,15H,7-9,11H2,1H3,(H,17,18)/t15-/m1/s1. The highest BCUT2D eigenvalue weighted by Gasteiger charge is 2.28. The molecule has 0 bridgehead atoms. The zero-order valence-electron chi connectivity index (χ0n) is 12.2. The largest absolute Gasteiger partial charge is 0.348 e. The first-order valence-electron chi connectivity index (χ1n) is 7.24. The van der Waals surface area contributed by atoms with Crippen LogP contribution >= 0.6 is 0 Å². The Morgan fingerprint density at radius 2 is 2.14 bits per heavy atom. The van der Waals surface area contributed by atoms with Crippen LogP contribution in [0.4, 0.5) is 0 Å². The van der Waals surface area contributed by atoms with Crippen molar-refractivity contribution in [2.75, 3.05) is 26.7 Å². The number of aromatic nitrogens is 2. The fraction of sp³-hybridized carbons (Fsp3) is 0.375. The molecule has 1 saturated heterocycles. The average Bonchev–Trinajstić information content (AvgIpc) is 3.01. The van der Waals surface area contributed by atoms with Gasteiger partial charge in [0.05, 0.1) is 18.8 Å². The van der Waals surface area contributed by atoms with E-state index in [1.807, 2.05) is 11.0 Å².